The largest absolute Gasteiger partial charge is 0.497 e. The average Bonchev–Trinajstić information content (AvgIpc) is 3.48. The highest BCUT2D eigenvalue weighted by Crippen LogP contribution is 2.52. The minimum absolute atomic E-state index is 0.0283. The Balaban J connectivity index is 1.22. The van der Waals surface area contributed by atoms with Crippen molar-refractivity contribution in [3.63, 3.8) is 0 Å². The van der Waals surface area contributed by atoms with Gasteiger partial charge >= 0.3 is 0 Å². The molecule has 2 N–H and O–H groups in total. The van der Waals surface area contributed by atoms with Crippen molar-refractivity contribution in [2.24, 2.45) is 28.7 Å². The van der Waals surface area contributed by atoms with Crippen LogP contribution in [0.25, 0.3) is 0 Å². The first-order valence-electron chi connectivity index (χ1n) is 11.5. The molecule has 4 rings (SSSR count). The first-order valence-corrected chi connectivity index (χ1v) is 11.5. The summed E-state index contributed by atoms with van der Waals surface area (Å²) in [6.45, 7) is 6.17. The molecule has 2 aliphatic carbocycles. The topological polar surface area (TPSA) is 83.0 Å². The first kappa shape index (κ1) is 22.4. The van der Waals surface area contributed by atoms with E-state index in [1.54, 1.807) is 14.2 Å². The number of nitrogens with one attached hydrogen (secondary N) is 2. The molecule has 1 aliphatic heterocycles. The minimum Gasteiger partial charge on any atom is -0.497 e. The van der Waals surface area contributed by atoms with Gasteiger partial charge in [0.1, 0.15) is 5.75 Å². The minimum atomic E-state index is -0.111. The third-order valence-corrected chi connectivity index (χ3v) is 7.21. The third-order valence-electron chi connectivity index (χ3n) is 7.21. The Hall–Kier alpha value is -2.83. The van der Waals surface area contributed by atoms with E-state index >= 15 is 0 Å². The summed E-state index contributed by atoms with van der Waals surface area (Å²) in [6, 6.07) is 8.11. The molecule has 2 fully saturated rings. The molecule has 1 aromatic carbocycles. The van der Waals surface area contributed by atoms with E-state index in [9.17, 15) is 9.59 Å². The predicted octanol–water partition coefficient (Wildman–Crippen LogP) is 2.33. The molecule has 2 bridgehead atoms. The molecule has 172 valence electrons. The van der Waals surface area contributed by atoms with Crippen LogP contribution in [-0.2, 0) is 15.0 Å². The SMILES string of the molecule is CN=C(NCCCN1C(=O)C2C3C=CC(C3)C2C1=O)NCC(C)(C)c1ccc(OC)cc1. The average molecular weight is 439 g/mol. The fraction of sp³-hybridized carbons (Fsp3) is 0.560. The number of amides is 2. The molecule has 1 saturated heterocycles. The lowest BCUT2D eigenvalue weighted by Crippen LogP contribution is -2.44. The van der Waals surface area contributed by atoms with Gasteiger partial charge in [0.25, 0.3) is 0 Å². The molecule has 32 heavy (non-hydrogen) atoms. The summed E-state index contributed by atoms with van der Waals surface area (Å²) in [5.74, 6) is 1.92. The summed E-state index contributed by atoms with van der Waals surface area (Å²) < 4.78 is 5.24. The Labute approximate surface area is 190 Å². The van der Waals surface area contributed by atoms with Crippen LogP contribution in [0.15, 0.2) is 41.4 Å². The maximum atomic E-state index is 12.8. The molecule has 0 spiro atoms. The lowest BCUT2D eigenvalue weighted by Gasteiger charge is -2.27. The number of fused-ring (bicyclic) bond motifs is 5. The van der Waals surface area contributed by atoms with Gasteiger partial charge in [-0.1, -0.05) is 38.1 Å². The van der Waals surface area contributed by atoms with Crippen LogP contribution in [0.3, 0.4) is 0 Å². The summed E-state index contributed by atoms with van der Waals surface area (Å²) in [5, 5.41) is 6.69. The van der Waals surface area contributed by atoms with E-state index in [1.165, 1.54) is 10.5 Å². The normalized spacial score (nSPS) is 26.6. The van der Waals surface area contributed by atoms with Gasteiger partial charge in [-0.05, 0) is 42.4 Å². The number of carbonyl (C=O) groups excluding carboxylic acids is 2. The number of likely N-dealkylation sites (tertiary alicyclic amines) is 1. The summed E-state index contributed by atoms with van der Waals surface area (Å²) in [4.78, 5) is 31.3. The molecule has 1 heterocycles. The number of aliphatic imine (C=N–C) groups is 1. The van der Waals surface area contributed by atoms with Gasteiger partial charge in [-0.2, -0.15) is 0 Å². The standard InChI is InChI=1S/C25H34N4O3/c1-25(2,18-8-10-19(32-4)11-9-18)15-28-24(26-3)27-12-5-13-29-22(30)20-16-6-7-17(14-16)21(20)23(29)31/h6-11,16-17,20-21H,5,12-15H2,1-4H3,(H2,26,27,28). The predicted molar refractivity (Wildman–Crippen MR) is 124 cm³/mol. The lowest BCUT2D eigenvalue weighted by molar-refractivity contribution is -0.140. The zero-order chi connectivity index (χ0) is 22.9. The monoisotopic (exact) mass is 438 g/mol. The number of imide groups is 1. The van der Waals surface area contributed by atoms with Crippen molar-refractivity contribution in [3.8, 4) is 5.75 Å². The van der Waals surface area contributed by atoms with Gasteiger partial charge in [0.05, 0.1) is 18.9 Å². The zero-order valence-electron chi connectivity index (χ0n) is 19.4. The number of hydrogen-bond acceptors (Lipinski definition) is 4. The molecule has 4 atom stereocenters. The van der Waals surface area contributed by atoms with Crippen LogP contribution in [0.5, 0.6) is 5.75 Å². The number of allylic oxidation sites excluding steroid dienone is 2. The van der Waals surface area contributed by atoms with Gasteiger partial charge in [0.15, 0.2) is 5.96 Å². The Kier molecular flexibility index (Phi) is 6.26. The van der Waals surface area contributed by atoms with E-state index < -0.39 is 0 Å². The van der Waals surface area contributed by atoms with E-state index in [4.69, 9.17) is 4.74 Å². The number of benzene rings is 1. The van der Waals surface area contributed by atoms with Gasteiger partial charge in [-0.25, -0.2) is 0 Å². The zero-order valence-corrected chi connectivity index (χ0v) is 19.4. The Morgan fingerprint density at radius 2 is 1.72 bits per heavy atom. The highest BCUT2D eigenvalue weighted by Gasteiger charge is 2.58. The quantitative estimate of drug-likeness (QED) is 0.214. The van der Waals surface area contributed by atoms with E-state index in [-0.39, 0.29) is 40.9 Å². The number of guanidine groups is 1. The van der Waals surface area contributed by atoms with E-state index in [0.29, 0.717) is 32.0 Å². The van der Waals surface area contributed by atoms with Crippen LogP contribution >= 0.6 is 0 Å². The molecule has 1 aromatic rings. The van der Waals surface area contributed by atoms with E-state index in [2.05, 4.69) is 53.8 Å². The molecule has 7 nitrogen and oxygen atoms in total. The molecular weight excluding hydrogens is 404 g/mol. The number of nitrogens with zero attached hydrogens (tertiary/aromatic N) is 2. The number of rotatable bonds is 8. The summed E-state index contributed by atoms with van der Waals surface area (Å²) in [7, 11) is 3.41. The number of hydrogen-bond donors (Lipinski definition) is 2. The van der Waals surface area contributed by atoms with Crippen LogP contribution in [-0.4, -0.2) is 56.5 Å². The second-order valence-corrected chi connectivity index (χ2v) is 9.65. The Morgan fingerprint density at radius 1 is 1.09 bits per heavy atom. The molecule has 3 aliphatic rings. The molecule has 4 unspecified atom stereocenters. The van der Waals surface area contributed by atoms with Crippen LogP contribution in [0.4, 0.5) is 0 Å². The molecule has 2 amide bonds. The molecule has 1 saturated carbocycles. The van der Waals surface area contributed by atoms with Crippen molar-refractivity contribution >= 4 is 17.8 Å². The van der Waals surface area contributed by atoms with Gasteiger partial charge in [-0.15, -0.1) is 0 Å². The highest BCUT2D eigenvalue weighted by atomic mass is 16.5. The van der Waals surface area contributed by atoms with Gasteiger partial charge in [0, 0.05) is 32.1 Å². The Morgan fingerprint density at radius 3 is 2.28 bits per heavy atom. The van der Waals surface area contributed by atoms with Gasteiger partial charge in [0.2, 0.25) is 11.8 Å². The second kappa shape index (κ2) is 8.96. The maximum absolute atomic E-state index is 12.8. The number of ether oxygens (including phenoxy) is 1. The molecule has 0 aromatic heterocycles. The summed E-state index contributed by atoms with van der Waals surface area (Å²) in [6.07, 6.45) is 5.93. The Bertz CT molecular complexity index is 892. The van der Waals surface area contributed by atoms with Crippen molar-refractivity contribution in [2.75, 3.05) is 33.8 Å². The molecular formula is C25H34N4O3. The number of carbonyl (C=O) groups is 2. The van der Waals surface area contributed by atoms with Crippen molar-refractivity contribution in [2.45, 2.75) is 32.1 Å². The maximum Gasteiger partial charge on any atom is 0.233 e. The lowest BCUT2D eigenvalue weighted by atomic mass is 9.84. The smallest absolute Gasteiger partial charge is 0.233 e. The van der Waals surface area contributed by atoms with E-state index in [0.717, 1.165) is 12.2 Å². The van der Waals surface area contributed by atoms with E-state index in [1.807, 2.05) is 12.1 Å². The van der Waals surface area contributed by atoms with Crippen molar-refractivity contribution in [1.82, 2.24) is 15.5 Å². The van der Waals surface area contributed by atoms with Crippen LogP contribution in [0.2, 0.25) is 0 Å². The third kappa shape index (κ3) is 4.12. The van der Waals surface area contributed by atoms with Crippen LogP contribution in [0, 0.1) is 23.7 Å². The van der Waals surface area contributed by atoms with Crippen LogP contribution in [0.1, 0.15) is 32.3 Å². The highest BCUT2D eigenvalue weighted by molar-refractivity contribution is 6.06. The van der Waals surface area contributed by atoms with Crippen molar-refractivity contribution < 1.29 is 14.3 Å². The first-order chi connectivity index (χ1) is 15.4. The van der Waals surface area contributed by atoms with Crippen LogP contribution < -0.4 is 15.4 Å². The number of methoxy groups -OCH3 is 1. The summed E-state index contributed by atoms with van der Waals surface area (Å²) in [5.41, 5.74) is 1.12. The van der Waals surface area contributed by atoms with Gasteiger partial charge < -0.3 is 15.4 Å². The fourth-order valence-corrected chi connectivity index (χ4v) is 5.30. The summed E-state index contributed by atoms with van der Waals surface area (Å²) >= 11 is 0. The second-order valence-electron chi connectivity index (χ2n) is 9.65. The van der Waals surface area contributed by atoms with Crippen molar-refractivity contribution in [3.05, 3.63) is 42.0 Å². The van der Waals surface area contributed by atoms with Gasteiger partial charge in [-0.3, -0.25) is 19.5 Å². The fourth-order valence-electron chi connectivity index (χ4n) is 5.30. The van der Waals surface area contributed by atoms with Crippen molar-refractivity contribution in [1.29, 1.82) is 0 Å². The molecule has 7 heteroatoms. The molecule has 0 radical (unpaired) electrons.